The van der Waals surface area contributed by atoms with E-state index in [1.807, 2.05) is 58.9 Å². The van der Waals surface area contributed by atoms with Gasteiger partial charge in [0.15, 0.2) is 6.29 Å². The van der Waals surface area contributed by atoms with Gasteiger partial charge < -0.3 is 4.84 Å². The van der Waals surface area contributed by atoms with Crippen LogP contribution in [0.3, 0.4) is 0 Å². The molecule has 1 aromatic carbocycles. The van der Waals surface area contributed by atoms with Gasteiger partial charge in [-0.15, -0.1) is 0 Å². The summed E-state index contributed by atoms with van der Waals surface area (Å²) in [5.74, 6) is 0.350. The van der Waals surface area contributed by atoms with Gasteiger partial charge in [-0.1, -0.05) is 48.8 Å². The Labute approximate surface area is 134 Å². The Morgan fingerprint density at radius 3 is 2.00 bits per heavy atom. The van der Waals surface area contributed by atoms with Crippen molar-refractivity contribution in [2.24, 2.45) is 11.1 Å². The summed E-state index contributed by atoms with van der Waals surface area (Å²) in [5.41, 5.74) is 4.31. The van der Waals surface area contributed by atoms with E-state index in [0.717, 1.165) is 34.3 Å². The lowest BCUT2D eigenvalue weighted by Crippen LogP contribution is -2.16. The van der Waals surface area contributed by atoms with E-state index in [-0.39, 0.29) is 5.60 Å². The molecule has 1 rings (SSSR count). The first-order valence-corrected chi connectivity index (χ1v) is 7.65. The van der Waals surface area contributed by atoms with Crippen molar-refractivity contribution >= 4 is 17.6 Å². The topological polar surface area (TPSA) is 38.7 Å². The maximum Gasteiger partial charge on any atom is 0.150 e. The van der Waals surface area contributed by atoms with Crippen LogP contribution in [0.25, 0.3) is 5.57 Å². The largest absolute Gasteiger partial charge is 0.390 e. The van der Waals surface area contributed by atoms with Crippen LogP contribution in [0, 0.1) is 5.92 Å². The second-order valence-corrected chi connectivity index (χ2v) is 6.83. The highest BCUT2D eigenvalue weighted by Gasteiger charge is 2.11. The standard InChI is InChI=1S/C19H27NO2/c1-13(2)14(3)18(12-21)17-10-8-16(9-11-17)15(4)20-22-19(5,6)7/h8-13H,1-7H3/b18-14+,20-15+. The predicted molar refractivity (Wildman–Crippen MR) is 93.0 cm³/mol. The van der Waals surface area contributed by atoms with Crippen molar-refractivity contribution in [2.75, 3.05) is 0 Å². The van der Waals surface area contributed by atoms with Gasteiger partial charge in [-0.05, 0) is 51.7 Å². The fraction of sp³-hybridized carbons (Fsp3) is 0.474. The molecule has 3 heteroatoms. The lowest BCUT2D eigenvalue weighted by atomic mass is 9.94. The smallest absolute Gasteiger partial charge is 0.150 e. The van der Waals surface area contributed by atoms with Crippen LogP contribution in [-0.4, -0.2) is 17.6 Å². The molecule has 0 unspecified atom stereocenters. The molecule has 0 fully saturated rings. The highest BCUT2D eigenvalue weighted by atomic mass is 16.6. The molecule has 0 aliphatic rings. The van der Waals surface area contributed by atoms with E-state index in [4.69, 9.17) is 4.84 Å². The summed E-state index contributed by atoms with van der Waals surface area (Å²) in [4.78, 5) is 16.8. The Kier molecular flexibility index (Phi) is 6.10. The number of hydrogen-bond acceptors (Lipinski definition) is 3. The minimum atomic E-state index is -0.303. The SMILES string of the molecule is C/C(=C(/C=O)c1ccc(/C(C)=N/OC(C)(C)C)cc1)C(C)C. The number of aldehydes is 1. The van der Waals surface area contributed by atoms with Crippen molar-refractivity contribution in [1.29, 1.82) is 0 Å². The van der Waals surface area contributed by atoms with Crippen LogP contribution < -0.4 is 0 Å². The summed E-state index contributed by atoms with van der Waals surface area (Å²) < 4.78 is 0. The average molecular weight is 301 g/mol. The monoisotopic (exact) mass is 301 g/mol. The van der Waals surface area contributed by atoms with Crippen LogP contribution in [0.5, 0.6) is 0 Å². The first kappa shape index (κ1) is 18.1. The fourth-order valence-corrected chi connectivity index (χ4v) is 1.85. The maximum atomic E-state index is 11.4. The van der Waals surface area contributed by atoms with Gasteiger partial charge in [0.1, 0.15) is 5.60 Å². The summed E-state index contributed by atoms with van der Waals surface area (Å²) in [6, 6.07) is 7.86. The predicted octanol–water partition coefficient (Wildman–Crippen LogP) is 4.85. The number of carbonyl (C=O) groups is 1. The summed E-state index contributed by atoms with van der Waals surface area (Å²) >= 11 is 0. The molecule has 0 N–H and O–H groups in total. The van der Waals surface area contributed by atoms with Crippen LogP contribution in [0.4, 0.5) is 0 Å². The molecule has 3 nitrogen and oxygen atoms in total. The Balaban J connectivity index is 3.05. The van der Waals surface area contributed by atoms with Crippen molar-refractivity contribution in [3.63, 3.8) is 0 Å². The Morgan fingerprint density at radius 2 is 1.59 bits per heavy atom. The number of hydrogen-bond donors (Lipinski definition) is 0. The molecule has 0 saturated carbocycles. The molecule has 0 aliphatic heterocycles. The molecule has 0 spiro atoms. The van der Waals surface area contributed by atoms with E-state index in [9.17, 15) is 4.79 Å². The number of carbonyl (C=O) groups excluding carboxylic acids is 1. The van der Waals surface area contributed by atoms with Crippen LogP contribution in [0.2, 0.25) is 0 Å². The number of oxime groups is 1. The molecule has 120 valence electrons. The first-order valence-electron chi connectivity index (χ1n) is 7.65. The minimum absolute atomic E-state index is 0.303. The van der Waals surface area contributed by atoms with Crippen molar-refractivity contribution in [1.82, 2.24) is 0 Å². The van der Waals surface area contributed by atoms with Crippen LogP contribution in [0.15, 0.2) is 35.0 Å². The molecule has 1 aromatic rings. The van der Waals surface area contributed by atoms with Gasteiger partial charge >= 0.3 is 0 Å². The van der Waals surface area contributed by atoms with Gasteiger partial charge in [0.25, 0.3) is 0 Å². The van der Waals surface area contributed by atoms with Crippen molar-refractivity contribution in [3.05, 3.63) is 41.0 Å². The lowest BCUT2D eigenvalue weighted by molar-refractivity contribution is -0.103. The third-order valence-corrected chi connectivity index (χ3v) is 3.48. The van der Waals surface area contributed by atoms with E-state index in [2.05, 4.69) is 19.0 Å². The van der Waals surface area contributed by atoms with Gasteiger partial charge in [0, 0.05) is 5.57 Å². The second kappa shape index (κ2) is 7.39. The lowest BCUT2D eigenvalue weighted by Gasteiger charge is -2.16. The third-order valence-electron chi connectivity index (χ3n) is 3.48. The molecule has 0 atom stereocenters. The fourth-order valence-electron chi connectivity index (χ4n) is 1.85. The quantitative estimate of drug-likeness (QED) is 0.337. The molecule has 0 radical (unpaired) electrons. The highest BCUT2D eigenvalue weighted by molar-refractivity contribution is 6.08. The first-order chi connectivity index (χ1) is 10.2. The molecule has 0 heterocycles. The number of allylic oxidation sites excluding steroid dienone is 2. The normalized spacial score (nSPS) is 13.9. The number of benzene rings is 1. The minimum Gasteiger partial charge on any atom is -0.390 e. The van der Waals surface area contributed by atoms with Crippen molar-refractivity contribution < 1.29 is 9.63 Å². The van der Waals surface area contributed by atoms with E-state index in [0.29, 0.717) is 5.92 Å². The zero-order valence-electron chi connectivity index (χ0n) is 14.7. The van der Waals surface area contributed by atoms with Gasteiger partial charge in [0.05, 0.1) is 5.71 Å². The van der Waals surface area contributed by atoms with Crippen LogP contribution in [0.1, 0.15) is 59.6 Å². The van der Waals surface area contributed by atoms with Gasteiger partial charge in [0.2, 0.25) is 0 Å². The van der Waals surface area contributed by atoms with Crippen LogP contribution in [-0.2, 0) is 9.63 Å². The molecule has 22 heavy (non-hydrogen) atoms. The molecule has 0 amide bonds. The zero-order chi connectivity index (χ0) is 16.9. The van der Waals surface area contributed by atoms with Gasteiger partial charge in [-0.3, -0.25) is 4.79 Å². The van der Waals surface area contributed by atoms with E-state index in [1.54, 1.807) is 0 Å². The summed E-state index contributed by atoms with van der Waals surface area (Å²) in [6.07, 6.45) is 0.938. The Morgan fingerprint density at radius 1 is 1.09 bits per heavy atom. The highest BCUT2D eigenvalue weighted by Crippen LogP contribution is 2.22. The van der Waals surface area contributed by atoms with E-state index >= 15 is 0 Å². The Hall–Kier alpha value is -1.90. The maximum absolute atomic E-state index is 11.4. The average Bonchev–Trinajstić information content (AvgIpc) is 2.45. The van der Waals surface area contributed by atoms with Crippen molar-refractivity contribution in [3.8, 4) is 0 Å². The molecule has 0 saturated heterocycles. The van der Waals surface area contributed by atoms with Gasteiger partial charge in [-0.25, -0.2) is 0 Å². The Bertz CT molecular complexity index is 572. The molecular weight excluding hydrogens is 274 g/mol. The van der Waals surface area contributed by atoms with E-state index < -0.39 is 0 Å². The summed E-state index contributed by atoms with van der Waals surface area (Å²) in [5, 5.41) is 4.16. The third kappa shape index (κ3) is 5.14. The molecule has 0 aromatic heterocycles. The van der Waals surface area contributed by atoms with Crippen molar-refractivity contribution in [2.45, 2.75) is 54.1 Å². The van der Waals surface area contributed by atoms with Crippen LogP contribution >= 0.6 is 0 Å². The zero-order valence-corrected chi connectivity index (χ0v) is 14.7. The van der Waals surface area contributed by atoms with E-state index in [1.165, 1.54) is 0 Å². The molecule has 0 aliphatic carbocycles. The molecule has 0 bridgehead atoms. The molecular formula is C19H27NO2. The van der Waals surface area contributed by atoms with Gasteiger partial charge in [-0.2, -0.15) is 0 Å². The number of nitrogens with zero attached hydrogens (tertiary/aromatic N) is 1. The summed E-state index contributed by atoms with van der Waals surface area (Å²) in [6.45, 7) is 14.0. The summed E-state index contributed by atoms with van der Waals surface area (Å²) in [7, 11) is 0. The number of rotatable bonds is 5. The second-order valence-electron chi connectivity index (χ2n) is 6.83.